The van der Waals surface area contributed by atoms with Crippen molar-refractivity contribution in [2.24, 2.45) is 5.92 Å². The van der Waals surface area contributed by atoms with Gasteiger partial charge in [0.25, 0.3) is 5.91 Å². The lowest BCUT2D eigenvalue weighted by atomic mass is 9.95. The molecule has 0 spiro atoms. The van der Waals surface area contributed by atoms with Gasteiger partial charge in [0.1, 0.15) is 17.2 Å². The monoisotopic (exact) mass is 553 g/mol. The van der Waals surface area contributed by atoms with Crippen molar-refractivity contribution in [1.82, 2.24) is 40.1 Å². The molecule has 0 saturated carbocycles. The van der Waals surface area contributed by atoms with Gasteiger partial charge in [0.2, 0.25) is 5.88 Å². The lowest BCUT2D eigenvalue weighted by molar-refractivity contribution is -0.137. The van der Waals surface area contributed by atoms with E-state index in [0.29, 0.717) is 61.3 Å². The first kappa shape index (κ1) is 26.0. The van der Waals surface area contributed by atoms with Crippen molar-refractivity contribution < 1.29 is 22.7 Å². The average molecular weight is 554 g/mol. The Morgan fingerprint density at radius 1 is 1.05 bits per heavy atom. The van der Waals surface area contributed by atoms with Gasteiger partial charge in [-0.3, -0.25) is 20.0 Å². The summed E-state index contributed by atoms with van der Waals surface area (Å²) in [7, 11) is 1.51. The zero-order valence-corrected chi connectivity index (χ0v) is 21.5. The van der Waals surface area contributed by atoms with Crippen LogP contribution >= 0.6 is 0 Å². The zero-order chi connectivity index (χ0) is 27.9. The van der Waals surface area contributed by atoms with Crippen molar-refractivity contribution in [1.29, 1.82) is 0 Å². The topological polar surface area (TPSA) is 113 Å². The van der Waals surface area contributed by atoms with E-state index in [0.717, 1.165) is 12.3 Å². The van der Waals surface area contributed by atoms with Crippen LogP contribution in [0, 0.1) is 5.92 Å². The molecule has 208 valence electrons. The van der Waals surface area contributed by atoms with Gasteiger partial charge in [-0.05, 0) is 24.3 Å². The number of carbonyl (C=O) groups is 1. The number of pyridine rings is 2. The van der Waals surface area contributed by atoms with Crippen LogP contribution in [0.25, 0.3) is 17.2 Å². The van der Waals surface area contributed by atoms with E-state index in [9.17, 15) is 18.0 Å². The molecule has 2 aliphatic rings. The molecule has 40 heavy (non-hydrogen) atoms. The van der Waals surface area contributed by atoms with E-state index in [4.69, 9.17) is 9.72 Å². The van der Waals surface area contributed by atoms with Crippen molar-refractivity contribution in [2.45, 2.75) is 12.2 Å². The molecule has 0 aliphatic carbocycles. The Kier molecular flexibility index (Phi) is 6.72. The summed E-state index contributed by atoms with van der Waals surface area (Å²) in [6.07, 6.45) is 1.11. The quantitative estimate of drug-likeness (QED) is 0.384. The molecule has 6 heterocycles. The van der Waals surface area contributed by atoms with Crippen LogP contribution in [-0.4, -0.2) is 81.0 Å². The molecule has 14 heteroatoms. The van der Waals surface area contributed by atoms with Gasteiger partial charge in [-0.2, -0.15) is 13.2 Å². The normalized spacial score (nSPS) is 18.4. The van der Waals surface area contributed by atoms with E-state index in [1.165, 1.54) is 23.8 Å². The number of nitrogens with one attached hydrogen (secondary N) is 2. The van der Waals surface area contributed by atoms with Gasteiger partial charge in [0, 0.05) is 68.9 Å². The van der Waals surface area contributed by atoms with Gasteiger partial charge in [-0.25, -0.2) is 19.9 Å². The molecule has 1 amide bonds. The third-order valence-corrected chi connectivity index (χ3v) is 7.29. The summed E-state index contributed by atoms with van der Waals surface area (Å²) in [5, 5.41) is 0. The van der Waals surface area contributed by atoms with E-state index in [1.807, 2.05) is 4.90 Å². The summed E-state index contributed by atoms with van der Waals surface area (Å²) < 4.78 is 46.6. The van der Waals surface area contributed by atoms with Crippen molar-refractivity contribution in [2.75, 3.05) is 44.7 Å². The number of fused-ring (bicyclic) bond motifs is 1. The van der Waals surface area contributed by atoms with Crippen LogP contribution in [-0.2, 0) is 6.18 Å². The number of anilines is 1. The summed E-state index contributed by atoms with van der Waals surface area (Å²) in [6, 6.07) is 7.26. The van der Waals surface area contributed by atoms with Crippen LogP contribution in [0.5, 0.6) is 5.88 Å². The molecule has 2 N–H and O–H groups in total. The lowest BCUT2D eigenvalue weighted by Crippen LogP contribution is -2.59. The Balaban J connectivity index is 1.29. The van der Waals surface area contributed by atoms with Crippen LogP contribution in [0.2, 0.25) is 0 Å². The van der Waals surface area contributed by atoms with E-state index in [1.54, 1.807) is 30.6 Å². The minimum absolute atomic E-state index is 0.105. The number of halogens is 3. The van der Waals surface area contributed by atoms with Crippen LogP contribution < -0.4 is 20.5 Å². The predicted molar refractivity (Wildman–Crippen MR) is 139 cm³/mol. The molecule has 6 rings (SSSR count). The maximum Gasteiger partial charge on any atom is 0.417 e. The number of amides is 1. The number of nitrogens with zero attached hydrogens (tertiary/aromatic N) is 7. The fourth-order valence-electron chi connectivity index (χ4n) is 5.21. The van der Waals surface area contributed by atoms with Gasteiger partial charge in [-0.15, -0.1) is 0 Å². The third kappa shape index (κ3) is 4.91. The second-order valence-corrected chi connectivity index (χ2v) is 9.65. The predicted octanol–water partition coefficient (Wildman–Crippen LogP) is 2.27. The highest BCUT2D eigenvalue weighted by atomic mass is 19.4. The summed E-state index contributed by atoms with van der Waals surface area (Å²) in [5.74, 6) is 1.29. The molecule has 4 aromatic heterocycles. The van der Waals surface area contributed by atoms with Crippen molar-refractivity contribution in [3.05, 3.63) is 66.2 Å². The summed E-state index contributed by atoms with van der Waals surface area (Å²) >= 11 is 0. The standard InChI is InChI=1S/C26H26F3N9O2/c1-40-23-10-16(4-6-30-23)25(39)37-9-8-36(15-20(37)17-11-33-34-12-17)22-5-7-31-24(35-22)19-13-32-21-3-2-18(14-38(19)21)26(27,28)29/h2-7,10,13-14,17,20,33-34H,8-9,11-12,15H2,1H3. The third-order valence-electron chi connectivity index (χ3n) is 7.29. The number of aromatic nitrogens is 5. The number of hydrogen-bond donors (Lipinski definition) is 2. The molecule has 2 fully saturated rings. The Hall–Kier alpha value is -4.30. The Morgan fingerprint density at radius 2 is 1.85 bits per heavy atom. The molecule has 1 unspecified atom stereocenters. The van der Waals surface area contributed by atoms with Crippen LogP contribution in [0.4, 0.5) is 19.0 Å². The van der Waals surface area contributed by atoms with E-state index in [2.05, 4.69) is 30.7 Å². The number of carbonyl (C=O) groups excluding carboxylic acids is 1. The zero-order valence-electron chi connectivity index (χ0n) is 21.5. The van der Waals surface area contributed by atoms with Gasteiger partial charge >= 0.3 is 6.18 Å². The van der Waals surface area contributed by atoms with Gasteiger partial charge < -0.3 is 14.5 Å². The lowest BCUT2D eigenvalue weighted by Gasteiger charge is -2.44. The largest absolute Gasteiger partial charge is 0.481 e. The Labute approximate surface area is 227 Å². The first-order chi connectivity index (χ1) is 19.3. The van der Waals surface area contributed by atoms with Crippen LogP contribution in [0.1, 0.15) is 15.9 Å². The number of piperazine rings is 1. The second kappa shape index (κ2) is 10.4. The molecule has 1 atom stereocenters. The first-order valence-electron chi connectivity index (χ1n) is 12.7. The van der Waals surface area contributed by atoms with Crippen molar-refractivity contribution in [3.63, 3.8) is 0 Å². The van der Waals surface area contributed by atoms with Gasteiger partial charge in [0.05, 0.1) is 24.9 Å². The van der Waals surface area contributed by atoms with Gasteiger partial charge in [-0.1, -0.05) is 0 Å². The second-order valence-electron chi connectivity index (χ2n) is 9.65. The fourth-order valence-corrected chi connectivity index (χ4v) is 5.21. The minimum atomic E-state index is -4.49. The minimum Gasteiger partial charge on any atom is -0.481 e. The Bertz CT molecular complexity index is 1540. The number of imidazole rings is 1. The maximum absolute atomic E-state index is 13.6. The fraction of sp³-hybridized carbons (Fsp3) is 0.346. The smallest absolute Gasteiger partial charge is 0.417 e. The van der Waals surface area contributed by atoms with Crippen molar-refractivity contribution in [3.8, 4) is 17.4 Å². The highest BCUT2D eigenvalue weighted by Gasteiger charge is 2.38. The molecule has 2 aliphatic heterocycles. The number of methoxy groups -OCH3 is 1. The Morgan fingerprint density at radius 3 is 2.62 bits per heavy atom. The summed E-state index contributed by atoms with van der Waals surface area (Å²) in [5.41, 5.74) is 6.72. The molecular formula is C26H26F3N9O2. The van der Waals surface area contributed by atoms with Crippen LogP contribution in [0.15, 0.2) is 55.1 Å². The summed E-state index contributed by atoms with van der Waals surface area (Å²) in [6.45, 7) is 2.87. The molecule has 11 nitrogen and oxygen atoms in total. The number of alkyl halides is 3. The van der Waals surface area contributed by atoms with Gasteiger partial charge in [0.15, 0.2) is 5.82 Å². The SMILES string of the molecule is COc1cc(C(=O)N2CCN(c3ccnc(-c4cnc5ccc(C(F)(F)F)cn45)n3)CC2C2CNNC2)ccn1. The molecule has 0 radical (unpaired) electrons. The van der Waals surface area contributed by atoms with E-state index in [-0.39, 0.29) is 23.7 Å². The van der Waals surface area contributed by atoms with Crippen LogP contribution in [0.3, 0.4) is 0 Å². The molecule has 0 aromatic carbocycles. The number of hydrazine groups is 1. The highest BCUT2D eigenvalue weighted by Crippen LogP contribution is 2.31. The van der Waals surface area contributed by atoms with E-state index >= 15 is 0 Å². The number of ether oxygens (including phenoxy) is 1. The van der Waals surface area contributed by atoms with Crippen molar-refractivity contribution >= 4 is 17.4 Å². The molecule has 0 bridgehead atoms. The number of hydrogen-bond acceptors (Lipinski definition) is 9. The number of rotatable bonds is 5. The highest BCUT2D eigenvalue weighted by molar-refractivity contribution is 5.94. The molecular weight excluding hydrogens is 527 g/mol. The molecule has 4 aromatic rings. The average Bonchev–Trinajstić information content (AvgIpc) is 3.66. The first-order valence-corrected chi connectivity index (χ1v) is 12.7. The molecule has 2 saturated heterocycles. The maximum atomic E-state index is 13.6. The van der Waals surface area contributed by atoms with E-state index < -0.39 is 11.7 Å². The summed E-state index contributed by atoms with van der Waals surface area (Å²) in [4.78, 5) is 34.9.